The highest BCUT2D eigenvalue weighted by molar-refractivity contribution is 7.18. The topological polar surface area (TPSA) is 57.7 Å². The summed E-state index contributed by atoms with van der Waals surface area (Å²) in [5.74, 6) is 0.489. The minimum Gasteiger partial charge on any atom is -0.493 e. The summed E-state index contributed by atoms with van der Waals surface area (Å²) < 4.78 is 16.5. The molecule has 0 radical (unpaired) electrons. The SMILES string of the molecule is CCOC(C(=O)OC)c1nc(-c2ccccc2)sc1-c1ccc2c(c1)CCCO2. The highest BCUT2D eigenvalue weighted by Crippen LogP contribution is 2.41. The van der Waals surface area contributed by atoms with Crippen LogP contribution in [0, 0.1) is 0 Å². The van der Waals surface area contributed by atoms with Crippen LogP contribution >= 0.6 is 11.3 Å². The largest absolute Gasteiger partial charge is 0.493 e. The first-order valence-electron chi connectivity index (χ1n) is 9.73. The number of rotatable bonds is 6. The molecule has 29 heavy (non-hydrogen) atoms. The summed E-state index contributed by atoms with van der Waals surface area (Å²) in [5, 5.41) is 0.846. The molecular weight excluding hydrogens is 386 g/mol. The molecule has 1 aliphatic heterocycles. The lowest BCUT2D eigenvalue weighted by molar-refractivity contribution is -0.154. The molecular formula is C23H23NO4S. The van der Waals surface area contributed by atoms with Crippen molar-refractivity contribution < 1.29 is 19.0 Å². The number of nitrogens with zero attached hydrogens (tertiary/aromatic N) is 1. The summed E-state index contributed by atoms with van der Waals surface area (Å²) in [4.78, 5) is 18.2. The first-order chi connectivity index (χ1) is 14.2. The lowest BCUT2D eigenvalue weighted by Crippen LogP contribution is -2.18. The van der Waals surface area contributed by atoms with Crippen molar-refractivity contribution in [2.75, 3.05) is 20.3 Å². The third-order valence-electron chi connectivity index (χ3n) is 4.84. The molecule has 0 amide bonds. The molecule has 1 unspecified atom stereocenters. The van der Waals surface area contributed by atoms with Gasteiger partial charge in [0, 0.05) is 12.2 Å². The van der Waals surface area contributed by atoms with Crippen LogP contribution in [0.15, 0.2) is 48.5 Å². The third-order valence-corrected chi connectivity index (χ3v) is 6.01. The van der Waals surface area contributed by atoms with Gasteiger partial charge in [-0.25, -0.2) is 9.78 Å². The van der Waals surface area contributed by atoms with E-state index in [0.717, 1.165) is 46.2 Å². The van der Waals surface area contributed by atoms with Crippen molar-refractivity contribution in [1.82, 2.24) is 4.98 Å². The van der Waals surface area contributed by atoms with Crippen LogP contribution in [-0.4, -0.2) is 31.3 Å². The molecule has 4 rings (SSSR count). The van der Waals surface area contributed by atoms with Gasteiger partial charge >= 0.3 is 5.97 Å². The van der Waals surface area contributed by atoms with Crippen molar-refractivity contribution in [2.45, 2.75) is 25.9 Å². The number of carbonyl (C=O) groups excluding carboxylic acids is 1. The van der Waals surface area contributed by atoms with Crippen molar-refractivity contribution in [3.8, 4) is 26.8 Å². The number of thiazole rings is 1. The van der Waals surface area contributed by atoms with Gasteiger partial charge in [0.05, 0.1) is 18.6 Å². The Kier molecular flexibility index (Phi) is 5.92. The lowest BCUT2D eigenvalue weighted by Gasteiger charge is -2.18. The minimum atomic E-state index is -0.860. The van der Waals surface area contributed by atoms with Crippen molar-refractivity contribution in [3.63, 3.8) is 0 Å². The molecule has 2 aromatic carbocycles. The molecule has 0 aliphatic carbocycles. The fourth-order valence-corrected chi connectivity index (χ4v) is 4.55. The first-order valence-corrected chi connectivity index (χ1v) is 10.5. The number of methoxy groups -OCH3 is 1. The Balaban J connectivity index is 1.84. The Morgan fingerprint density at radius 1 is 1.21 bits per heavy atom. The van der Waals surface area contributed by atoms with Crippen LogP contribution in [0.5, 0.6) is 5.75 Å². The fourth-order valence-electron chi connectivity index (χ4n) is 3.45. The van der Waals surface area contributed by atoms with Crippen molar-refractivity contribution in [2.24, 2.45) is 0 Å². The molecule has 3 aromatic rings. The van der Waals surface area contributed by atoms with Crippen LogP contribution in [0.2, 0.25) is 0 Å². The highest BCUT2D eigenvalue weighted by atomic mass is 32.1. The van der Waals surface area contributed by atoms with E-state index in [2.05, 4.69) is 6.07 Å². The van der Waals surface area contributed by atoms with Crippen LogP contribution < -0.4 is 4.74 Å². The molecule has 5 nitrogen and oxygen atoms in total. The number of esters is 1. The second-order valence-corrected chi connectivity index (χ2v) is 7.73. The van der Waals surface area contributed by atoms with Gasteiger partial charge in [-0.1, -0.05) is 30.3 Å². The standard InChI is InChI=1S/C23H23NO4S/c1-3-27-20(23(25)26-2)19-21(29-22(24-19)15-8-5-4-6-9-15)17-11-12-18-16(14-17)10-7-13-28-18/h4-6,8-9,11-12,14,20H,3,7,10,13H2,1-2H3. The maximum atomic E-state index is 12.5. The second kappa shape index (κ2) is 8.76. The number of ether oxygens (including phenoxy) is 3. The van der Waals surface area contributed by atoms with E-state index in [1.807, 2.05) is 49.4 Å². The summed E-state index contributed by atoms with van der Waals surface area (Å²) in [6.45, 7) is 3.00. The average Bonchev–Trinajstić information content (AvgIpc) is 3.22. The van der Waals surface area contributed by atoms with Gasteiger partial charge in [-0.3, -0.25) is 0 Å². The minimum absolute atomic E-state index is 0.384. The Labute approximate surface area is 174 Å². The van der Waals surface area contributed by atoms with Gasteiger partial charge in [-0.05, 0) is 49.1 Å². The van der Waals surface area contributed by atoms with Crippen molar-refractivity contribution >= 4 is 17.3 Å². The molecule has 0 spiro atoms. The van der Waals surface area contributed by atoms with E-state index < -0.39 is 12.1 Å². The molecule has 1 atom stereocenters. The van der Waals surface area contributed by atoms with Crippen LogP contribution in [-0.2, 0) is 20.7 Å². The summed E-state index contributed by atoms with van der Waals surface area (Å²) in [6, 6.07) is 16.1. The van der Waals surface area contributed by atoms with Gasteiger partial charge in [-0.2, -0.15) is 0 Å². The molecule has 0 N–H and O–H groups in total. The highest BCUT2D eigenvalue weighted by Gasteiger charge is 2.30. The van der Waals surface area contributed by atoms with E-state index in [9.17, 15) is 4.79 Å². The zero-order chi connectivity index (χ0) is 20.2. The van der Waals surface area contributed by atoms with E-state index in [0.29, 0.717) is 12.3 Å². The number of carbonyl (C=O) groups is 1. The number of aromatic nitrogens is 1. The second-order valence-electron chi connectivity index (χ2n) is 6.73. The van der Waals surface area contributed by atoms with Gasteiger partial charge in [0.15, 0.2) is 6.10 Å². The predicted molar refractivity (Wildman–Crippen MR) is 113 cm³/mol. The smallest absolute Gasteiger partial charge is 0.341 e. The number of hydrogen-bond donors (Lipinski definition) is 0. The Hall–Kier alpha value is -2.70. The molecule has 150 valence electrons. The lowest BCUT2D eigenvalue weighted by atomic mass is 10.0. The van der Waals surface area contributed by atoms with E-state index in [1.165, 1.54) is 12.7 Å². The number of aryl methyl sites for hydroxylation is 1. The number of hydrogen-bond acceptors (Lipinski definition) is 6. The Bertz CT molecular complexity index is 999. The maximum Gasteiger partial charge on any atom is 0.341 e. The molecule has 6 heteroatoms. The summed E-state index contributed by atoms with van der Waals surface area (Å²) >= 11 is 1.56. The Morgan fingerprint density at radius 3 is 2.79 bits per heavy atom. The van der Waals surface area contributed by atoms with Gasteiger partial charge in [0.1, 0.15) is 16.5 Å². The molecule has 0 saturated heterocycles. The molecule has 2 heterocycles. The van der Waals surface area contributed by atoms with Gasteiger partial charge in [0.25, 0.3) is 0 Å². The van der Waals surface area contributed by atoms with Crippen LogP contribution in [0.3, 0.4) is 0 Å². The fraction of sp³-hybridized carbons (Fsp3) is 0.304. The summed E-state index contributed by atoms with van der Waals surface area (Å²) in [5.41, 5.74) is 3.79. The van der Waals surface area contributed by atoms with Crippen molar-refractivity contribution in [3.05, 3.63) is 59.8 Å². The quantitative estimate of drug-likeness (QED) is 0.533. The number of fused-ring (bicyclic) bond motifs is 1. The third kappa shape index (κ3) is 4.04. The van der Waals surface area contributed by atoms with Crippen molar-refractivity contribution in [1.29, 1.82) is 0 Å². The first kappa shape index (κ1) is 19.6. The zero-order valence-corrected chi connectivity index (χ0v) is 17.3. The maximum absolute atomic E-state index is 12.5. The average molecular weight is 410 g/mol. The molecule has 0 bridgehead atoms. The van der Waals surface area contributed by atoms with E-state index in [1.54, 1.807) is 11.3 Å². The van der Waals surface area contributed by atoms with E-state index in [-0.39, 0.29) is 0 Å². The monoisotopic (exact) mass is 409 g/mol. The predicted octanol–water partition coefficient (Wildman–Crippen LogP) is 5.05. The zero-order valence-electron chi connectivity index (χ0n) is 16.5. The summed E-state index contributed by atoms with van der Waals surface area (Å²) in [7, 11) is 1.37. The van der Waals surface area contributed by atoms with E-state index in [4.69, 9.17) is 19.2 Å². The van der Waals surface area contributed by atoms with Gasteiger partial charge < -0.3 is 14.2 Å². The number of benzene rings is 2. The molecule has 1 aliphatic rings. The van der Waals surface area contributed by atoms with E-state index >= 15 is 0 Å². The van der Waals surface area contributed by atoms with Gasteiger partial charge in [0.2, 0.25) is 0 Å². The normalized spacial score (nSPS) is 14.0. The van der Waals surface area contributed by atoms with Gasteiger partial charge in [-0.15, -0.1) is 11.3 Å². The Morgan fingerprint density at radius 2 is 2.03 bits per heavy atom. The van der Waals surface area contributed by atoms with Crippen LogP contribution in [0.1, 0.15) is 30.7 Å². The summed E-state index contributed by atoms with van der Waals surface area (Å²) in [6.07, 6.45) is 1.13. The van der Waals surface area contributed by atoms with Crippen LogP contribution in [0.25, 0.3) is 21.0 Å². The molecule has 0 fully saturated rings. The van der Waals surface area contributed by atoms with Crippen LogP contribution in [0.4, 0.5) is 0 Å². The molecule has 0 saturated carbocycles. The molecule has 1 aromatic heterocycles.